The van der Waals surface area contributed by atoms with Crippen molar-refractivity contribution in [2.45, 2.75) is 63.1 Å². The Morgan fingerprint density at radius 2 is 1.60 bits per heavy atom. The molecule has 2 aromatic carbocycles. The minimum atomic E-state index is -3.90. The number of carbonyl (C=O) groups excluding carboxylic acids is 3. The fourth-order valence-corrected chi connectivity index (χ4v) is 6.65. The summed E-state index contributed by atoms with van der Waals surface area (Å²) in [6.45, 7) is 8.26. The lowest BCUT2D eigenvalue weighted by Gasteiger charge is -2.31. The number of benzene rings is 2. The molecule has 1 N–H and O–H groups in total. The number of sulfonamides is 1. The molecule has 0 spiro atoms. The van der Waals surface area contributed by atoms with E-state index in [-0.39, 0.29) is 17.9 Å². The van der Waals surface area contributed by atoms with Crippen LogP contribution in [0.5, 0.6) is 5.75 Å². The monoisotopic (exact) mass is 600 g/mol. The number of esters is 1. The average molecular weight is 601 g/mol. The van der Waals surface area contributed by atoms with Gasteiger partial charge in [0.15, 0.2) is 0 Å². The highest BCUT2D eigenvalue weighted by atomic mass is 32.2. The summed E-state index contributed by atoms with van der Waals surface area (Å²) in [4.78, 5) is 42.9. The molecule has 11 nitrogen and oxygen atoms in total. The number of likely N-dealkylation sites (N-methyl/N-ethyl adjacent to an activating group) is 1. The zero-order valence-electron chi connectivity index (χ0n) is 24.6. The number of hydrogen-bond donors (Lipinski definition) is 1. The standard InChI is InChI=1S/C30H40N4O7S/c1-21(2)40-29(36)26(20-23-9-11-24(12-10-23)41-30(37)33-18-16-32(4)17-19-33)31-28(35)27-6-5-15-34(27)42(38,39)25-13-7-22(3)8-14-25/h7-14,21,26-27H,5-6,15-20H2,1-4H3,(H,31,35)/t26-,27-/m0/s1. The molecule has 2 saturated heterocycles. The molecule has 42 heavy (non-hydrogen) atoms. The molecule has 0 aliphatic carbocycles. The molecular formula is C30H40N4O7S. The van der Waals surface area contributed by atoms with Crippen molar-refractivity contribution in [3.63, 3.8) is 0 Å². The van der Waals surface area contributed by atoms with Gasteiger partial charge in [-0.3, -0.25) is 4.79 Å². The van der Waals surface area contributed by atoms with E-state index in [1.54, 1.807) is 55.1 Å². The maximum Gasteiger partial charge on any atom is 0.415 e. The van der Waals surface area contributed by atoms with Gasteiger partial charge in [-0.05, 0) is 70.5 Å². The molecule has 0 radical (unpaired) electrons. The van der Waals surface area contributed by atoms with E-state index in [2.05, 4.69) is 10.2 Å². The van der Waals surface area contributed by atoms with Gasteiger partial charge in [-0.15, -0.1) is 0 Å². The lowest BCUT2D eigenvalue weighted by molar-refractivity contribution is -0.151. The van der Waals surface area contributed by atoms with Crippen LogP contribution in [0.3, 0.4) is 0 Å². The number of aryl methyl sites for hydroxylation is 1. The molecule has 0 saturated carbocycles. The molecule has 2 heterocycles. The van der Waals surface area contributed by atoms with Gasteiger partial charge >= 0.3 is 12.1 Å². The highest BCUT2D eigenvalue weighted by Gasteiger charge is 2.40. The van der Waals surface area contributed by atoms with Crippen LogP contribution in [0.2, 0.25) is 0 Å². The maximum absolute atomic E-state index is 13.4. The quantitative estimate of drug-likeness (QED) is 0.436. The van der Waals surface area contributed by atoms with Gasteiger partial charge in [-0.25, -0.2) is 18.0 Å². The second kappa shape index (κ2) is 13.7. The minimum Gasteiger partial charge on any atom is -0.461 e. The third kappa shape index (κ3) is 7.87. The SMILES string of the molecule is Cc1ccc(S(=O)(=O)N2CCC[C@H]2C(=O)N[C@@H](Cc2ccc(OC(=O)N3CCN(C)CC3)cc2)C(=O)OC(C)C)cc1. The van der Waals surface area contributed by atoms with Gasteiger partial charge in [0.1, 0.15) is 17.8 Å². The Morgan fingerprint density at radius 3 is 2.21 bits per heavy atom. The van der Waals surface area contributed by atoms with Gasteiger partial charge in [0.2, 0.25) is 15.9 Å². The van der Waals surface area contributed by atoms with Crippen LogP contribution in [0.15, 0.2) is 53.4 Å². The van der Waals surface area contributed by atoms with E-state index in [4.69, 9.17) is 9.47 Å². The predicted octanol–water partition coefficient (Wildman–Crippen LogP) is 2.57. The minimum absolute atomic E-state index is 0.113. The average Bonchev–Trinajstić information content (AvgIpc) is 3.45. The van der Waals surface area contributed by atoms with Crippen LogP contribution in [-0.2, 0) is 30.8 Å². The van der Waals surface area contributed by atoms with E-state index in [0.29, 0.717) is 37.2 Å². The fourth-order valence-electron chi connectivity index (χ4n) is 4.99. The first-order valence-corrected chi connectivity index (χ1v) is 15.7. The normalized spacial score (nSPS) is 19.0. The molecule has 2 aromatic rings. The molecule has 2 aliphatic rings. The second-order valence-electron chi connectivity index (χ2n) is 11.1. The van der Waals surface area contributed by atoms with Crippen LogP contribution in [0.4, 0.5) is 4.79 Å². The highest BCUT2D eigenvalue weighted by Crippen LogP contribution is 2.27. The Kier molecular flexibility index (Phi) is 10.2. The Bertz CT molecular complexity index is 1360. The molecule has 2 aliphatic heterocycles. The zero-order chi connectivity index (χ0) is 30.4. The molecule has 2 fully saturated rings. The van der Waals surface area contributed by atoms with Crippen LogP contribution < -0.4 is 10.1 Å². The van der Waals surface area contributed by atoms with E-state index in [1.165, 1.54) is 16.4 Å². The number of amides is 2. The first-order valence-electron chi connectivity index (χ1n) is 14.3. The van der Waals surface area contributed by atoms with Crippen molar-refractivity contribution in [2.24, 2.45) is 0 Å². The third-order valence-electron chi connectivity index (χ3n) is 7.42. The number of nitrogens with zero attached hydrogens (tertiary/aromatic N) is 3. The molecule has 2 atom stereocenters. The van der Waals surface area contributed by atoms with Gasteiger partial charge in [-0.2, -0.15) is 4.31 Å². The predicted molar refractivity (Wildman–Crippen MR) is 156 cm³/mol. The molecular weight excluding hydrogens is 560 g/mol. The number of ether oxygens (including phenoxy) is 2. The van der Waals surface area contributed by atoms with Crippen LogP contribution >= 0.6 is 0 Å². The van der Waals surface area contributed by atoms with Crippen LogP contribution in [0.1, 0.15) is 37.8 Å². The van der Waals surface area contributed by atoms with E-state index in [9.17, 15) is 22.8 Å². The molecule has 228 valence electrons. The number of piperazine rings is 1. The molecule has 0 aromatic heterocycles. The second-order valence-corrected chi connectivity index (χ2v) is 13.0. The lowest BCUT2D eigenvalue weighted by Crippen LogP contribution is -2.52. The number of rotatable bonds is 9. The maximum atomic E-state index is 13.4. The Balaban J connectivity index is 1.44. The van der Waals surface area contributed by atoms with Crippen LogP contribution in [0, 0.1) is 6.92 Å². The molecule has 12 heteroatoms. The first-order chi connectivity index (χ1) is 19.9. The third-order valence-corrected chi connectivity index (χ3v) is 9.34. The molecule has 2 amide bonds. The van der Waals surface area contributed by atoms with Crippen molar-refractivity contribution in [2.75, 3.05) is 39.8 Å². The van der Waals surface area contributed by atoms with Crippen molar-refractivity contribution in [3.05, 3.63) is 59.7 Å². The van der Waals surface area contributed by atoms with Gasteiger partial charge < -0.3 is 24.6 Å². The Morgan fingerprint density at radius 1 is 0.952 bits per heavy atom. The summed E-state index contributed by atoms with van der Waals surface area (Å²) in [7, 11) is -1.90. The van der Waals surface area contributed by atoms with Gasteiger partial charge in [0, 0.05) is 39.1 Å². The van der Waals surface area contributed by atoms with Gasteiger partial charge in [-0.1, -0.05) is 29.8 Å². The highest BCUT2D eigenvalue weighted by molar-refractivity contribution is 7.89. The van der Waals surface area contributed by atoms with Crippen LogP contribution in [0.25, 0.3) is 0 Å². The van der Waals surface area contributed by atoms with Crippen molar-refractivity contribution in [1.29, 1.82) is 0 Å². The smallest absolute Gasteiger partial charge is 0.415 e. The van der Waals surface area contributed by atoms with Crippen molar-refractivity contribution < 1.29 is 32.3 Å². The molecule has 4 rings (SSSR count). The number of carbonyl (C=O) groups is 3. The van der Waals surface area contributed by atoms with E-state index in [1.807, 2.05) is 14.0 Å². The summed E-state index contributed by atoms with van der Waals surface area (Å²) in [6, 6.07) is 11.2. The number of nitrogens with one attached hydrogen (secondary N) is 1. The summed E-state index contributed by atoms with van der Waals surface area (Å²) in [6.07, 6.45) is 0.164. The van der Waals surface area contributed by atoms with E-state index >= 15 is 0 Å². The zero-order valence-corrected chi connectivity index (χ0v) is 25.4. The lowest BCUT2D eigenvalue weighted by atomic mass is 10.0. The summed E-state index contributed by atoms with van der Waals surface area (Å²) in [5.41, 5.74) is 1.63. The summed E-state index contributed by atoms with van der Waals surface area (Å²) < 4.78 is 38.8. The van der Waals surface area contributed by atoms with E-state index < -0.39 is 46.2 Å². The van der Waals surface area contributed by atoms with Crippen LogP contribution in [-0.4, -0.2) is 98.5 Å². The number of hydrogen-bond acceptors (Lipinski definition) is 8. The fraction of sp³-hybridized carbons (Fsp3) is 0.500. The van der Waals surface area contributed by atoms with E-state index in [0.717, 1.165) is 18.7 Å². The van der Waals surface area contributed by atoms with Gasteiger partial charge in [0.05, 0.1) is 11.0 Å². The largest absolute Gasteiger partial charge is 0.461 e. The topological polar surface area (TPSA) is 126 Å². The van der Waals surface area contributed by atoms with Crippen molar-refractivity contribution >= 4 is 28.0 Å². The summed E-state index contributed by atoms with van der Waals surface area (Å²) in [5, 5.41) is 2.75. The first kappa shape index (κ1) is 31.5. The Hall–Kier alpha value is -3.48. The summed E-state index contributed by atoms with van der Waals surface area (Å²) >= 11 is 0. The Labute approximate surface area is 247 Å². The molecule has 0 unspecified atom stereocenters. The van der Waals surface area contributed by atoms with Gasteiger partial charge in [0.25, 0.3) is 0 Å². The van der Waals surface area contributed by atoms with Crippen molar-refractivity contribution in [1.82, 2.24) is 19.4 Å². The van der Waals surface area contributed by atoms with Crippen molar-refractivity contribution in [3.8, 4) is 5.75 Å². The summed E-state index contributed by atoms with van der Waals surface area (Å²) in [5.74, 6) is -0.794. The molecule has 0 bridgehead atoms.